The summed E-state index contributed by atoms with van der Waals surface area (Å²) in [5.74, 6) is -0.410. The maximum Gasteiger partial charge on any atom is 0.330 e. The average molecular weight is 323 g/mol. The maximum absolute atomic E-state index is 11.4. The highest BCUT2D eigenvalue weighted by Gasteiger charge is 2.20. The fourth-order valence-electron chi connectivity index (χ4n) is 1.47. The Labute approximate surface area is 126 Å². The summed E-state index contributed by atoms with van der Waals surface area (Å²) in [6, 6.07) is 0. The molecular formula is C13H26NO6P. The summed E-state index contributed by atoms with van der Waals surface area (Å²) >= 11 is 0. The Morgan fingerprint density at radius 3 is 2.19 bits per heavy atom. The molecule has 0 spiro atoms. The summed E-state index contributed by atoms with van der Waals surface area (Å²) in [7, 11) is 0.532. The van der Waals surface area contributed by atoms with E-state index in [9.17, 15) is 14.3 Å². The van der Waals surface area contributed by atoms with E-state index >= 15 is 0 Å². The van der Waals surface area contributed by atoms with Gasteiger partial charge in [-0.3, -0.25) is 4.57 Å². The van der Waals surface area contributed by atoms with Crippen molar-refractivity contribution in [1.82, 2.24) is 0 Å². The molecule has 0 heterocycles. The SMILES string of the molecule is C=CC(=O)OCCCCCCCOP(=O)([O-])O[N+](C)(C)C. The zero-order chi connectivity index (χ0) is 16.4. The number of phosphoric acid groups is 1. The largest absolute Gasteiger partial charge is 0.752 e. The first-order chi connectivity index (χ1) is 9.66. The first-order valence-corrected chi connectivity index (χ1v) is 8.40. The van der Waals surface area contributed by atoms with Crippen molar-refractivity contribution >= 4 is 13.8 Å². The highest BCUT2D eigenvalue weighted by atomic mass is 31.2. The van der Waals surface area contributed by atoms with E-state index in [1.54, 1.807) is 21.1 Å². The summed E-state index contributed by atoms with van der Waals surface area (Å²) < 4.78 is 25.6. The van der Waals surface area contributed by atoms with Crippen LogP contribution in [0.4, 0.5) is 0 Å². The van der Waals surface area contributed by atoms with Gasteiger partial charge in [-0.2, -0.15) is 4.65 Å². The minimum Gasteiger partial charge on any atom is -0.752 e. The first-order valence-electron chi connectivity index (χ1n) is 6.94. The van der Waals surface area contributed by atoms with Crippen molar-refractivity contribution < 1.29 is 32.8 Å². The van der Waals surface area contributed by atoms with Crippen molar-refractivity contribution in [3.05, 3.63) is 12.7 Å². The number of ether oxygens (including phenoxy) is 1. The van der Waals surface area contributed by atoms with Crippen LogP contribution in [0.25, 0.3) is 0 Å². The van der Waals surface area contributed by atoms with E-state index < -0.39 is 13.8 Å². The maximum atomic E-state index is 11.4. The molecule has 0 aromatic carbocycles. The Morgan fingerprint density at radius 1 is 1.14 bits per heavy atom. The number of carbonyl (C=O) groups excluding carboxylic acids is 1. The van der Waals surface area contributed by atoms with Gasteiger partial charge in [0.15, 0.2) is 0 Å². The lowest BCUT2D eigenvalue weighted by Crippen LogP contribution is -2.35. The number of phosphoric ester groups is 1. The molecule has 21 heavy (non-hydrogen) atoms. The van der Waals surface area contributed by atoms with Crippen molar-refractivity contribution in [2.24, 2.45) is 0 Å². The fourth-order valence-corrected chi connectivity index (χ4v) is 2.47. The third kappa shape index (κ3) is 14.0. The normalized spacial score (nSPS) is 14.5. The van der Waals surface area contributed by atoms with Crippen LogP contribution in [0.1, 0.15) is 32.1 Å². The summed E-state index contributed by atoms with van der Waals surface area (Å²) in [6.45, 7) is 3.80. The van der Waals surface area contributed by atoms with E-state index in [2.05, 4.69) is 6.58 Å². The number of nitrogens with zero attached hydrogens (tertiary/aromatic N) is 1. The van der Waals surface area contributed by atoms with Gasteiger partial charge in [-0.1, -0.05) is 25.8 Å². The van der Waals surface area contributed by atoms with Crippen molar-refractivity contribution in [1.29, 1.82) is 0 Å². The number of quaternary nitrogens is 1. The second-order valence-electron chi connectivity index (χ2n) is 5.39. The molecular weight excluding hydrogens is 297 g/mol. The molecule has 0 saturated carbocycles. The molecule has 0 rings (SSSR count). The molecule has 0 fully saturated rings. The van der Waals surface area contributed by atoms with Gasteiger partial charge in [0.05, 0.1) is 34.4 Å². The van der Waals surface area contributed by atoms with Gasteiger partial charge >= 0.3 is 13.8 Å². The Balaban J connectivity index is 3.50. The van der Waals surface area contributed by atoms with Gasteiger partial charge in [0.2, 0.25) is 0 Å². The molecule has 8 heteroatoms. The Bertz CT molecular complexity index is 366. The minimum atomic E-state index is -4.24. The fraction of sp³-hybridized carbons (Fsp3) is 0.769. The van der Waals surface area contributed by atoms with Gasteiger partial charge in [0.1, 0.15) is 0 Å². The summed E-state index contributed by atoms with van der Waals surface area (Å²) in [6.07, 6.45) is 5.24. The molecule has 0 aliphatic carbocycles. The average Bonchev–Trinajstić information content (AvgIpc) is 2.33. The smallest absolute Gasteiger partial charge is 0.330 e. The molecule has 1 unspecified atom stereocenters. The zero-order valence-electron chi connectivity index (χ0n) is 13.1. The van der Waals surface area contributed by atoms with Gasteiger partial charge in [-0.05, 0) is 12.8 Å². The molecule has 0 N–H and O–H groups in total. The van der Waals surface area contributed by atoms with E-state index in [1.807, 2.05) is 0 Å². The quantitative estimate of drug-likeness (QED) is 0.136. The minimum absolute atomic E-state index is 0.117. The first kappa shape index (κ1) is 20.3. The number of esters is 1. The molecule has 0 saturated heterocycles. The molecule has 0 bridgehead atoms. The molecule has 7 nitrogen and oxygen atoms in total. The van der Waals surface area contributed by atoms with Crippen LogP contribution in [-0.2, 0) is 23.2 Å². The Hall–Kier alpha value is -0.720. The third-order valence-electron chi connectivity index (χ3n) is 2.29. The lowest BCUT2D eigenvalue weighted by Gasteiger charge is -2.29. The number of carbonyl (C=O) groups is 1. The molecule has 0 aliphatic heterocycles. The van der Waals surface area contributed by atoms with E-state index in [0.717, 1.165) is 31.8 Å². The van der Waals surface area contributed by atoms with Gasteiger partial charge in [0, 0.05) is 6.08 Å². The van der Waals surface area contributed by atoms with Gasteiger partial charge in [-0.15, -0.1) is 4.62 Å². The van der Waals surface area contributed by atoms with Crippen LogP contribution in [0, 0.1) is 0 Å². The number of hydrogen-bond acceptors (Lipinski definition) is 6. The van der Waals surface area contributed by atoms with E-state index in [0.29, 0.717) is 13.0 Å². The molecule has 0 aromatic heterocycles. The summed E-state index contributed by atoms with van der Waals surface area (Å²) in [5, 5.41) is 0. The van der Waals surface area contributed by atoms with Gasteiger partial charge in [0.25, 0.3) is 0 Å². The summed E-state index contributed by atoms with van der Waals surface area (Å²) in [5.41, 5.74) is 0. The molecule has 0 radical (unpaired) electrons. The predicted octanol–water partition coefficient (Wildman–Crippen LogP) is 1.79. The lowest BCUT2D eigenvalue weighted by atomic mass is 10.1. The van der Waals surface area contributed by atoms with Crippen molar-refractivity contribution in [3.8, 4) is 0 Å². The van der Waals surface area contributed by atoms with Gasteiger partial charge in [-0.25, -0.2) is 4.79 Å². The molecule has 124 valence electrons. The highest BCUT2D eigenvalue weighted by molar-refractivity contribution is 7.45. The topological polar surface area (TPSA) is 84.9 Å². The van der Waals surface area contributed by atoms with Crippen molar-refractivity contribution in [2.75, 3.05) is 34.4 Å². The molecule has 0 aromatic rings. The Kier molecular flexibility index (Phi) is 9.74. The van der Waals surface area contributed by atoms with Crippen LogP contribution in [0.15, 0.2) is 12.7 Å². The highest BCUT2D eigenvalue weighted by Crippen LogP contribution is 2.40. The van der Waals surface area contributed by atoms with Crippen LogP contribution in [0.3, 0.4) is 0 Å². The predicted molar refractivity (Wildman–Crippen MR) is 76.9 cm³/mol. The van der Waals surface area contributed by atoms with Gasteiger partial charge < -0.3 is 14.2 Å². The second kappa shape index (κ2) is 10.1. The lowest BCUT2D eigenvalue weighted by molar-refractivity contribution is -1.04. The number of hydroxylamine groups is 3. The molecule has 0 aliphatic rings. The Morgan fingerprint density at radius 2 is 1.67 bits per heavy atom. The third-order valence-corrected chi connectivity index (χ3v) is 3.48. The number of unbranched alkanes of at least 4 members (excludes halogenated alkanes) is 4. The van der Waals surface area contributed by atoms with E-state index in [-0.39, 0.29) is 11.3 Å². The summed E-state index contributed by atoms with van der Waals surface area (Å²) in [4.78, 5) is 22.2. The van der Waals surface area contributed by atoms with E-state index in [1.165, 1.54) is 0 Å². The molecule has 0 amide bonds. The molecule has 1 atom stereocenters. The standard InChI is InChI=1S/C13H26NO6P/c1-5-13(15)18-11-9-7-6-8-10-12-19-21(16,17)20-14(2,3)4/h5H,1,6-12H2,2-4H3. The number of rotatable bonds is 12. The number of hydrogen-bond donors (Lipinski definition) is 0. The van der Waals surface area contributed by atoms with Crippen LogP contribution in [0.5, 0.6) is 0 Å². The van der Waals surface area contributed by atoms with Crippen molar-refractivity contribution in [2.45, 2.75) is 32.1 Å². The zero-order valence-corrected chi connectivity index (χ0v) is 14.0. The monoisotopic (exact) mass is 323 g/mol. The van der Waals surface area contributed by atoms with E-state index in [4.69, 9.17) is 13.9 Å². The van der Waals surface area contributed by atoms with Crippen molar-refractivity contribution in [3.63, 3.8) is 0 Å². The van der Waals surface area contributed by atoms with Crippen LogP contribution < -0.4 is 4.89 Å². The van der Waals surface area contributed by atoms with Crippen LogP contribution in [-0.4, -0.2) is 45.0 Å². The second-order valence-corrected chi connectivity index (χ2v) is 6.71. The van der Waals surface area contributed by atoms with Crippen LogP contribution >= 0.6 is 7.82 Å². The van der Waals surface area contributed by atoms with Crippen LogP contribution in [0.2, 0.25) is 0 Å².